The molecule has 3 rings (SSSR count). The fraction of sp³-hybridized carbons (Fsp3) is 0.667. The first kappa shape index (κ1) is 15.0. The summed E-state index contributed by atoms with van der Waals surface area (Å²) in [6.45, 7) is 7.77. The van der Waals surface area contributed by atoms with Crippen LogP contribution in [0.25, 0.3) is 0 Å². The Labute approximate surface area is 127 Å². The minimum Gasteiger partial charge on any atom is -0.311 e. The van der Waals surface area contributed by atoms with E-state index >= 15 is 0 Å². The van der Waals surface area contributed by atoms with Gasteiger partial charge in [-0.2, -0.15) is 0 Å². The third-order valence-corrected chi connectivity index (χ3v) is 4.80. The Hall–Kier alpha value is -0.930. The summed E-state index contributed by atoms with van der Waals surface area (Å²) < 4.78 is 13.1. The number of benzene rings is 1. The van der Waals surface area contributed by atoms with E-state index in [1.807, 2.05) is 12.1 Å². The number of halogens is 1. The van der Waals surface area contributed by atoms with Crippen LogP contribution in [-0.4, -0.2) is 30.1 Å². The average molecular weight is 290 g/mol. The van der Waals surface area contributed by atoms with Gasteiger partial charge in [0.2, 0.25) is 0 Å². The topological polar surface area (TPSA) is 15.3 Å². The third-order valence-electron chi connectivity index (χ3n) is 4.80. The highest BCUT2D eigenvalue weighted by atomic mass is 19.1. The summed E-state index contributed by atoms with van der Waals surface area (Å²) >= 11 is 0. The van der Waals surface area contributed by atoms with Crippen LogP contribution in [0, 0.1) is 17.7 Å². The summed E-state index contributed by atoms with van der Waals surface area (Å²) in [6, 6.07) is 8.27. The molecule has 1 saturated heterocycles. The van der Waals surface area contributed by atoms with Crippen LogP contribution >= 0.6 is 0 Å². The second-order valence-corrected chi connectivity index (χ2v) is 7.19. The molecule has 3 heteroatoms. The van der Waals surface area contributed by atoms with E-state index in [1.165, 1.54) is 24.8 Å². The molecule has 0 amide bonds. The molecular weight excluding hydrogens is 263 g/mol. The van der Waals surface area contributed by atoms with Gasteiger partial charge in [-0.05, 0) is 48.8 Å². The van der Waals surface area contributed by atoms with Crippen LogP contribution in [0.2, 0.25) is 0 Å². The smallest absolute Gasteiger partial charge is 0.123 e. The molecule has 1 saturated carbocycles. The SMILES string of the molecule is CC(C)CC1CNC(C2CC2)CN1Cc1ccc(F)cc1. The minimum absolute atomic E-state index is 0.145. The summed E-state index contributed by atoms with van der Waals surface area (Å²) in [5.41, 5.74) is 1.22. The third kappa shape index (κ3) is 4.04. The lowest BCUT2D eigenvalue weighted by molar-refractivity contribution is 0.0999. The molecule has 1 heterocycles. The quantitative estimate of drug-likeness (QED) is 0.894. The van der Waals surface area contributed by atoms with E-state index in [1.54, 1.807) is 12.1 Å². The molecule has 21 heavy (non-hydrogen) atoms. The molecule has 1 aliphatic heterocycles. The van der Waals surface area contributed by atoms with Crippen molar-refractivity contribution in [1.29, 1.82) is 0 Å². The summed E-state index contributed by atoms with van der Waals surface area (Å²) in [5.74, 6) is 1.46. The molecule has 1 aromatic rings. The summed E-state index contributed by atoms with van der Waals surface area (Å²) in [7, 11) is 0. The van der Waals surface area contributed by atoms with Crippen molar-refractivity contribution in [2.45, 2.75) is 51.7 Å². The molecule has 2 atom stereocenters. The lowest BCUT2D eigenvalue weighted by Crippen LogP contribution is -2.57. The number of nitrogens with one attached hydrogen (secondary N) is 1. The number of piperazine rings is 1. The van der Waals surface area contributed by atoms with Crippen molar-refractivity contribution in [3.63, 3.8) is 0 Å². The van der Waals surface area contributed by atoms with Crippen LogP contribution in [0.3, 0.4) is 0 Å². The van der Waals surface area contributed by atoms with Crippen LogP contribution in [0.1, 0.15) is 38.7 Å². The maximum atomic E-state index is 13.1. The van der Waals surface area contributed by atoms with Crippen molar-refractivity contribution >= 4 is 0 Å². The molecule has 2 unspecified atom stereocenters. The normalized spacial score (nSPS) is 27.2. The van der Waals surface area contributed by atoms with Gasteiger partial charge < -0.3 is 5.32 Å². The Bertz CT molecular complexity index is 453. The largest absolute Gasteiger partial charge is 0.311 e. The highest BCUT2D eigenvalue weighted by Gasteiger charge is 2.37. The van der Waals surface area contributed by atoms with Crippen molar-refractivity contribution < 1.29 is 4.39 Å². The van der Waals surface area contributed by atoms with Crippen molar-refractivity contribution in [3.8, 4) is 0 Å². The highest BCUT2D eigenvalue weighted by molar-refractivity contribution is 5.16. The van der Waals surface area contributed by atoms with Gasteiger partial charge in [0.1, 0.15) is 5.82 Å². The zero-order chi connectivity index (χ0) is 14.8. The second-order valence-electron chi connectivity index (χ2n) is 7.19. The molecular formula is C18H27FN2. The average Bonchev–Trinajstić information content (AvgIpc) is 3.27. The van der Waals surface area contributed by atoms with Crippen molar-refractivity contribution in [1.82, 2.24) is 10.2 Å². The first-order valence-corrected chi connectivity index (χ1v) is 8.33. The Morgan fingerprint density at radius 1 is 1.24 bits per heavy atom. The Kier molecular flexibility index (Phi) is 4.60. The zero-order valence-corrected chi connectivity index (χ0v) is 13.2. The van der Waals surface area contributed by atoms with E-state index in [0.717, 1.165) is 25.6 Å². The lowest BCUT2D eigenvalue weighted by Gasteiger charge is -2.41. The van der Waals surface area contributed by atoms with Gasteiger partial charge in [0.25, 0.3) is 0 Å². The van der Waals surface area contributed by atoms with Gasteiger partial charge in [-0.3, -0.25) is 4.90 Å². The predicted molar refractivity (Wildman–Crippen MR) is 84.6 cm³/mol. The van der Waals surface area contributed by atoms with Gasteiger partial charge >= 0.3 is 0 Å². The van der Waals surface area contributed by atoms with E-state index in [2.05, 4.69) is 24.1 Å². The predicted octanol–water partition coefficient (Wildman–Crippen LogP) is 3.42. The monoisotopic (exact) mass is 290 g/mol. The number of rotatable bonds is 5. The summed E-state index contributed by atoms with van der Waals surface area (Å²) in [6.07, 6.45) is 4.00. The van der Waals surface area contributed by atoms with Crippen molar-refractivity contribution in [3.05, 3.63) is 35.6 Å². The van der Waals surface area contributed by atoms with Crippen molar-refractivity contribution in [2.75, 3.05) is 13.1 Å². The van der Waals surface area contributed by atoms with Crippen LogP contribution in [0.5, 0.6) is 0 Å². The van der Waals surface area contributed by atoms with E-state index in [0.29, 0.717) is 18.0 Å². The van der Waals surface area contributed by atoms with Gasteiger partial charge in [0.15, 0.2) is 0 Å². The molecule has 116 valence electrons. The molecule has 0 aromatic heterocycles. The molecule has 1 aromatic carbocycles. The fourth-order valence-electron chi connectivity index (χ4n) is 3.49. The first-order chi connectivity index (χ1) is 10.1. The summed E-state index contributed by atoms with van der Waals surface area (Å²) in [5, 5.41) is 3.76. The Balaban J connectivity index is 1.67. The van der Waals surface area contributed by atoms with E-state index in [-0.39, 0.29) is 5.82 Å². The Morgan fingerprint density at radius 2 is 1.95 bits per heavy atom. The van der Waals surface area contributed by atoms with Gasteiger partial charge in [-0.15, -0.1) is 0 Å². The standard InChI is InChI=1S/C18H27FN2/c1-13(2)9-17-10-20-18(15-5-6-15)12-21(17)11-14-3-7-16(19)8-4-14/h3-4,7-8,13,15,17-18,20H,5-6,9-12H2,1-2H3. The molecule has 1 aliphatic carbocycles. The van der Waals surface area contributed by atoms with E-state index in [4.69, 9.17) is 0 Å². The van der Waals surface area contributed by atoms with Crippen LogP contribution in [-0.2, 0) is 6.54 Å². The van der Waals surface area contributed by atoms with Crippen LogP contribution < -0.4 is 5.32 Å². The van der Waals surface area contributed by atoms with Gasteiger partial charge in [-0.25, -0.2) is 4.39 Å². The van der Waals surface area contributed by atoms with Crippen LogP contribution in [0.4, 0.5) is 4.39 Å². The fourth-order valence-corrected chi connectivity index (χ4v) is 3.49. The molecule has 1 N–H and O–H groups in total. The van der Waals surface area contributed by atoms with Gasteiger partial charge in [0.05, 0.1) is 0 Å². The maximum absolute atomic E-state index is 13.1. The minimum atomic E-state index is -0.145. The molecule has 0 spiro atoms. The Morgan fingerprint density at radius 3 is 2.57 bits per heavy atom. The molecule has 2 nitrogen and oxygen atoms in total. The molecule has 2 fully saturated rings. The number of nitrogens with zero attached hydrogens (tertiary/aromatic N) is 1. The second kappa shape index (κ2) is 6.45. The van der Waals surface area contributed by atoms with Crippen molar-refractivity contribution in [2.24, 2.45) is 11.8 Å². The molecule has 0 bridgehead atoms. The highest BCUT2D eigenvalue weighted by Crippen LogP contribution is 2.35. The van der Waals surface area contributed by atoms with Crippen LogP contribution in [0.15, 0.2) is 24.3 Å². The zero-order valence-electron chi connectivity index (χ0n) is 13.2. The summed E-state index contributed by atoms with van der Waals surface area (Å²) in [4.78, 5) is 2.62. The van der Waals surface area contributed by atoms with Gasteiger partial charge in [-0.1, -0.05) is 26.0 Å². The maximum Gasteiger partial charge on any atom is 0.123 e. The number of hydrogen-bond donors (Lipinski definition) is 1. The van der Waals surface area contributed by atoms with E-state index in [9.17, 15) is 4.39 Å². The van der Waals surface area contributed by atoms with Gasteiger partial charge in [0, 0.05) is 31.7 Å². The lowest BCUT2D eigenvalue weighted by atomic mass is 9.97. The molecule has 2 aliphatic rings. The number of hydrogen-bond acceptors (Lipinski definition) is 2. The molecule has 0 radical (unpaired) electrons. The van der Waals surface area contributed by atoms with E-state index < -0.39 is 0 Å². The first-order valence-electron chi connectivity index (χ1n) is 8.33.